The molecule has 12 nitrogen and oxygen atoms in total. The predicted octanol–water partition coefficient (Wildman–Crippen LogP) is 5.61. The number of rotatable bonds is 12. The van der Waals surface area contributed by atoms with Crippen molar-refractivity contribution in [2.45, 2.75) is 31.7 Å². The SMILES string of the molecule is C=CC(=O)Nc1cc(Nc2nccc(-c3[nH]c(CCCO)nc3-c3ccc4ccoc4c3)n2)c(OC)cc1N1CCC(N(C)C)CC1. The van der Waals surface area contributed by atoms with Crippen LogP contribution in [0.3, 0.4) is 0 Å². The molecule has 1 aliphatic rings. The molecular weight excluding hydrogens is 596 g/mol. The molecule has 1 saturated heterocycles. The number of carbonyl (C=O) groups excluding carboxylic acids is 1. The molecule has 1 amide bonds. The molecule has 1 fully saturated rings. The minimum atomic E-state index is -0.305. The highest BCUT2D eigenvalue weighted by molar-refractivity contribution is 6.02. The minimum absolute atomic E-state index is 0.0650. The van der Waals surface area contributed by atoms with E-state index in [1.165, 1.54) is 6.08 Å². The van der Waals surface area contributed by atoms with Gasteiger partial charge < -0.3 is 39.7 Å². The van der Waals surface area contributed by atoms with E-state index in [4.69, 9.17) is 19.1 Å². The number of H-pyrrole nitrogens is 1. The smallest absolute Gasteiger partial charge is 0.247 e. The lowest BCUT2D eigenvalue weighted by atomic mass is 10.0. The van der Waals surface area contributed by atoms with Gasteiger partial charge in [-0.05, 0) is 63.7 Å². The number of nitrogens with one attached hydrogen (secondary N) is 3. The van der Waals surface area contributed by atoms with E-state index in [-0.39, 0.29) is 12.5 Å². The van der Waals surface area contributed by atoms with Crippen LogP contribution in [0.4, 0.5) is 23.0 Å². The van der Waals surface area contributed by atoms with Gasteiger partial charge in [-0.3, -0.25) is 4.79 Å². The van der Waals surface area contributed by atoms with Crippen molar-refractivity contribution in [1.82, 2.24) is 24.8 Å². The first-order chi connectivity index (χ1) is 22.9. The van der Waals surface area contributed by atoms with Crippen LogP contribution in [-0.4, -0.2) is 82.8 Å². The fourth-order valence-corrected chi connectivity index (χ4v) is 5.97. The number of imidazole rings is 1. The Morgan fingerprint density at radius 1 is 1.17 bits per heavy atom. The Kier molecular flexibility index (Phi) is 9.50. The van der Waals surface area contributed by atoms with E-state index in [0.29, 0.717) is 47.7 Å². The molecule has 47 heavy (non-hydrogen) atoms. The lowest BCUT2D eigenvalue weighted by Crippen LogP contribution is -2.42. The number of aromatic nitrogens is 4. The zero-order chi connectivity index (χ0) is 32.9. The summed E-state index contributed by atoms with van der Waals surface area (Å²) in [6, 6.07) is 14.0. The Labute approximate surface area is 273 Å². The van der Waals surface area contributed by atoms with Gasteiger partial charge in [0.15, 0.2) is 0 Å². The number of amides is 1. The van der Waals surface area contributed by atoms with E-state index in [2.05, 4.69) is 51.1 Å². The third-order valence-electron chi connectivity index (χ3n) is 8.51. The molecule has 4 heterocycles. The van der Waals surface area contributed by atoms with Crippen molar-refractivity contribution in [1.29, 1.82) is 0 Å². The van der Waals surface area contributed by atoms with Crippen LogP contribution in [0.1, 0.15) is 25.1 Å². The first kappa shape index (κ1) is 31.8. The Bertz CT molecular complexity index is 1870. The van der Waals surface area contributed by atoms with Crippen molar-refractivity contribution in [2.75, 3.05) is 56.4 Å². The van der Waals surface area contributed by atoms with Crippen molar-refractivity contribution in [3.63, 3.8) is 0 Å². The molecule has 6 rings (SSSR count). The van der Waals surface area contributed by atoms with Crippen LogP contribution < -0.4 is 20.3 Å². The lowest BCUT2D eigenvalue weighted by molar-refractivity contribution is -0.111. The minimum Gasteiger partial charge on any atom is -0.494 e. The van der Waals surface area contributed by atoms with Gasteiger partial charge in [0.2, 0.25) is 11.9 Å². The van der Waals surface area contributed by atoms with E-state index >= 15 is 0 Å². The fraction of sp³-hybridized carbons (Fsp3) is 0.314. The quantitative estimate of drug-likeness (QED) is 0.128. The number of benzene rings is 2. The maximum atomic E-state index is 12.5. The Balaban J connectivity index is 1.34. The molecule has 3 aromatic heterocycles. The fourth-order valence-electron chi connectivity index (χ4n) is 5.97. The average Bonchev–Trinajstić information content (AvgIpc) is 3.75. The molecule has 4 N–H and O–H groups in total. The van der Waals surface area contributed by atoms with Crippen molar-refractivity contribution >= 4 is 39.9 Å². The maximum Gasteiger partial charge on any atom is 0.247 e. The number of hydrogen-bond donors (Lipinski definition) is 4. The normalized spacial score (nSPS) is 13.7. The highest BCUT2D eigenvalue weighted by Gasteiger charge is 2.25. The molecular formula is C35H40N8O4. The van der Waals surface area contributed by atoms with Gasteiger partial charge in [0, 0.05) is 55.4 Å². The van der Waals surface area contributed by atoms with Crippen LogP contribution in [0.2, 0.25) is 0 Å². The number of carbonyl (C=O) groups is 1. The zero-order valence-corrected chi connectivity index (χ0v) is 26.9. The standard InChI is InChI=1S/C35H40N8O4/c1-5-32(45)37-26-20-27(30(46-4)21-28(26)43-15-11-24(12-16-43)42(2)3)39-35-36-14-10-25(38-35)34-33(40-31(41-34)7-6-17-44)23-9-8-22-13-18-47-29(22)19-23/h5,8-10,13-14,18-21,24,44H,1,6-7,11-12,15-17H2,2-4H3,(H,37,45)(H,40,41)(H,36,38,39). The number of aliphatic hydroxyl groups excluding tert-OH is 1. The summed E-state index contributed by atoms with van der Waals surface area (Å²) in [4.78, 5) is 34.7. The lowest BCUT2D eigenvalue weighted by Gasteiger charge is -2.37. The van der Waals surface area contributed by atoms with Gasteiger partial charge in [-0.15, -0.1) is 0 Å². The number of furan rings is 1. The number of aryl methyl sites for hydroxylation is 1. The Morgan fingerprint density at radius 2 is 2.00 bits per heavy atom. The van der Waals surface area contributed by atoms with Gasteiger partial charge in [-0.1, -0.05) is 18.7 Å². The van der Waals surface area contributed by atoms with Crippen LogP contribution in [0, 0.1) is 0 Å². The zero-order valence-electron chi connectivity index (χ0n) is 26.9. The van der Waals surface area contributed by atoms with Crippen LogP contribution in [0.25, 0.3) is 33.6 Å². The molecule has 1 aliphatic heterocycles. The number of fused-ring (bicyclic) bond motifs is 1. The van der Waals surface area contributed by atoms with Crippen LogP contribution in [-0.2, 0) is 11.2 Å². The van der Waals surface area contributed by atoms with Crippen molar-refractivity contribution in [3.05, 3.63) is 73.4 Å². The second-order valence-electron chi connectivity index (χ2n) is 11.7. The summed E-state index contributed by atoms with van der Waals surface area (Å²) in [5, 5.41) is 16.7. The van der Waals surface area contributed by atoms with Gasteiger partial charge in [-0.25, -0.2) is 15.0 Å². The Hall–Kier alpha value is -5.20. The summed E-state index contributed by atoms with van der Waals surface area (Å²) >= 11 is 0. The molecule has 12 heteroatoms. The van der Waals surface area contributed by atoms with Crippen molar-refractivity contribution in [3.8, 4) is 28.4 Å². The number of methoxy groups -OCH3 is 1. The van der Waals surface area contributed by atoms with E-state index in [1.54, 1.807) is 19.6 Å². The predicted molar refractivity (Wildman–Crippen MR) is 184 cm³/mol. The van der Waals surface area contributed by atoms with Gasteiger partial charge in [0.1, 0.15) is 17.2 Å². The highest BCUT2D eigenvalue weighted by Crippen LogP contribution is 2.40. The second kappa shape index (κ2) is 14.1. The van der Waals surface area contributed by atoms with Gasteiger partial charge >= 0.3 is 0 Å². The van der Waals surface area contributed by atoms with Gasteiger partial charge in [0.05, 0.1) is 47.5 Å². The topological polar surface area (TPSA) is 145 Å². The molecule has 244 valence electrons. The van der Waals surface area contributed by atoms with E-state index in [1.807, 2.05) is 42.5 Å². The molecule has 0 unspecified atom stereocenters. The molecule has 5 aromatic rings. The third kappa shape index (κ3) is 6.98. The summed E-state index contributed by atoms with van der Waals surface area (Å²) in [5.41, 5.74) is 5.79. The van der Waals surface area contributed by atoms with E-state index in [9.17, 15) is 9.90 Å². The van der Waals surface area contributed by atoms with Crippen LogP contribution >= 0.6 is 0 Å². The molecule has 0 radical (unpaired) electrons. The largest absolute Gasteiger partial charge is 0.494 e. The number of aliphatic hydroxyl groups is 1. The molecule has 0 saturated carbocycles. The summed E-state index contributed by atoms with van der Waals surface area (Å²) < 4.78 is 11.5. The Morgan fingerprint density at radius 3 is 2.74 bits per heavy atom. The first-order valence-electron chi connectivity index (χ1n) is 15.7. The maximum absolute atomic E-state index is 12.5. The molecule has 2 aromatic carbocycles. The average molecular weight is 637 g/mol. The summed E-state index contributed by atoms with van der Waals surface area (Å²) in [6.45, 7) is 5.39. The third-order valence-corrected chi connectivity index (χ3v) is 8.51. The number of piperidine rings is 1. The number of ether oxygens (including phenoxy) is 1. The van der Waals surface area contributed by atoms with Crippen molar-refractivity contribution < 1.29 is 19.1 Å². The van der Waals surface area contributed by atoms with Gasteiger partial charge in [-0.2, -0.15) is 0 Å². The highest BCUT2D eigenvalue weighted by atomic mass is 16.5. The van der Waals surface area contributed by atoms with E-state index < -0.39 is 0 Å². The van der Waals surface area contributed by atoms with Gasteiger partial charge in [0.25, 0.3) is 0 Å². The first-order valence-corrected chi connectivity index (χ1v) is 15.7. The second-order valence-corrected chi connectivity index (χ2v) is 11.7. The summed E-state index contributed by atoms with van der Waals surface area (Å²) in [7, 11) is 5.84. The molecule has 0 aliphatic carbocycles. The van der Waals surface area contributed by atoms with Crippen molar-refractivity contribution in [2.24, 2.45) is 0 Å². The molecule has 0 spiro atoms. The number of aromatic amines is 1. The monoisotopic (exact) mass is 636 g/mol. The number of hydrogen-bond acceptors (Lipinski definition) is 10. The summed E-state index contributed by atoms with van der Waals surface area (Å²) in [6.07, 6.45) is 7.78. The van der Waals surface area contributed by atoms with E-state index in [0.717, 1.165) is 65.4 Å². The number of anilines is 4. The molecule has 0 bridgehead atoms. The molecule has 0 atom stereocenters. The van der Waals surface area contributed by atoms with Crippen LogP contribution in [0.5, 0.6) is 5.75 Å². The summed E-state index contributed by atoms with van der Waals surface area (Å²) in [5.74, 6) is 1.35. The van der Waals surface area contributed by atoms with Crippen LogP contribution in [0.15, 0.2) is 72.0 Å². The number of nitrogens with zero attached hydrogens (tertiary/aromatic N) is 5.